The zero-order chi connectivity index (χ0) is 24.0. The number of Topliss-reactive ketones (excluding diaryl/α,β-unsaturated/α-hetero) is 1. The van der Waals surface area contributed by atoms with Crippen LogP contribution in [0.25, 0.3) is 0 Å². The van der Waals surface area contributed by atoms with E-state index in [4.69, 9.17) is 24.1 Å². The van der Waals surface area contributed by atoms with Crippen molar-refractivity contribution in [2.75, 3.05) is 65.9 Å². The lowest BCUT2D eigenvalue weighted by Crippen LogP contribution is -2.37. The number of carbonyl (C=O) groups is 5. The number of aliphatic carboxylic acids is 1. The molecule has 0 aliphatic carbocycles. The second kappa shape index (κ2) is 20.3. The van der Waals surface area contributed by atoms with Crippen LogP contribution in [-0.2, 0) is 42.9 Å². The van der Waals surface area contributed by atoms with E-state index in [2.05, 4.69) is 16.0 Å². The van der Waals surface area contributed by atoms with E-state index in [0.29, 0.717) is 26.4 Å². The molecule has 3 amide bonds. The normalized spacial score (nSPS) is 11.4. The van der Waals surface area contributed by atoms with Crippen molar-refractivity contribution in [1.29, 1.82) is 0 Å². The van der Waals surface area contributed by atoms with E-state index >= 15 is 0 Å². The van der Waals surface area contributed by atoms with Gasteiger partial charge in [-0.2, -0.15) is 0 Å². The summed E-state index contributed by atoms with van der Waals surface area (Å²) in [4.78, 5) is 54.9. The fourth-order valence-corrected chi connectivity index (χ4v) is 2.12. The summed E-state index contributed by atoms with van der Waals surface area (Å²) in [6.07, 6.45) is 0.218. The number of hydrogen-bond acceptors (Lipinski definition) is 9. The molecule has 0 radical (unpaired) electrons. The zero-order valence-corrected chi connectivity index (χ0v) is 18.3. The summed E-state index contributed by atoms with van der Waals surface area (Å²) in [7, 11) is 0. The van der Waals surface area contributed by atoms with E-state index in [-0.39, 0.29) is 76.4 Å². The third-order valence-electron chi connectivity index (χ3n) is 3.65. The molecule has 0 aliphatic rings. The lowest BCUT2D eigenvalue weighted by molar-refractivity contribution is -0.141. The molecule has 0 heterocycles. The number of carbonyl (C=O) groups excluding carboxylic acids is 4. The van der Waals surface area contributed by atoms with Gasteiger partial charge in [0.15, 0.2) is 5.78 Å². The number of ketones is 1. The van der Waals surface area contributed by atoms with Gasteiger partial charge in [-0.3, -0.25) is 19.2 Å². The molecule has 1 unspecified atom stereocenters. The molecule has 13 nitrogen and oxygen atoms in total. The van der Waals surface area contributed by atoms with Gasteiger partial charge in [-0.25, -0.2) is 4.79 Å². The Hall–Kier alpha value is -2.61. The number of carboxylic acids is 1. The number of amides is 3. The van der Waals surface area contributed by atoms with Crippen LogP contribution in [0.3, 0.4) is 0 Å². The van der Waals surface area contributed by atoms with Crippen LogP contribution in [0.2, 0.25) is 0 Å². The second-order valence-electron chi connectivity index (χ2n) is 6.45. The average Bonchev–Trinajstić information content (AvgIpc) is 2.74. The van der Waals surface area contributed by atoms with E-state index in [1.807, 2.05) is 0 Å². The molecule has 1 atom stereocenters. The zero-order valence-electron chi connectivity index (χ0n) is 18.3. The highest BCUT2D eigenvalue weighted by molar-refractivity contribution is 5.79. The fourth-order valence-electron chi connectivity index (χ4n) is 2.12. The Labute approximate surface area is 186 Å². The highest BCUT2D eigenvalue weighted by Gasteiger charge is 2.17. The second-order valence-corrected chi connectivity index (χ2v) is 6.45. The molecule has 0 aromatic carbocycles. The first-order valence-corrected chi connectivity index (χ1v) is 10.1. The minimum Gasteiger partial charge on any atom is -0.480 e. The molecule has 0 aliphatic heterocycles. The van der Waals surface area contributed by atoms with Crippen LogP contribution in [0.1, 0.15) is 19.8 Å². The van der Waals surface area contributed by atoms with Gasteiger partial charge in [0.05, 0.1) is 39.6 Å². The van der Waals surface area contributed by atoms with E-state index in [9.17, 15) is 24.0 Å². The van der Waals surface area contributed by atoms with Crippen molar-refractivity contribution in [3.63, 3.8) is 0 Å². The molecule has 0 fully saturated rings. The molecule has 0 aromatic heterocycles. The summed E-state index contributed by atoms with van der Waals surface area (Å²) in [5.41, 5.74) is 0. The number of nitrogens with one attached hydrogen (secondary N) is 3. The van der Waals surface area contributed by atoms with Crippen molar-refractivity contribution in [2.24, 2.45) is 0 Å². The summed E-state index contributed by atoms with van der Waals surface area (Å²) in [6.45, 7) is 3.54. The summed E-state index contributed by atoms with van der Waals surface area (Å²) in [5.74, 6) is -1.91. The predicted octanol–water partition coefficient (Wildman–Crippen LogP) is -2.15. The maximum absolute atomic E-state index is 11.6. The van der Waals surface area contributed by atoms with E-state index < -0.39 is 12.0 Å². The number of rotatable bonds is 22. The molecule has 4 N–H and O–H groups in total. The van der Waals surface area contributed by atoms with Gasteiger partial charge in [-0.15, -0.1) is 0 Å². The van der Waals surface area contributed by atoms with Gasteiger partial charge in [0.25, 0.3) is 0 Å². The van der Waals surface area contributed by atoms with E-state index in [0.717, 1.165) is 0 Å². The van der Waals surface area contributed by atoms with Crippen molar-refractivity contribution in [1.82, 2.24) is 16.0 Å². The molecule has 0 spiro atoms. The maximum atomic E-state index is 11.6. The standard InChI is InChI=1S/C19H33N3O10/c1-15(24)12-31-10-8-30-7-5-21-18(26)13-32-11-9-29-6-4-20-17(25)3-2-16(19(27)28)22-14-23/h14,16H,2-13H2,1H3,(H,20,25)(H,21,26)(H,22,23)(H,27,28). The Balaban J connectivity index is 3.46. The molecular formula is C19H33N3O10. The molecule has 13 heteroatoms. The Morgan fingerprint density at radius 1 is 0.812 bits per heavy atom. The van der Waals surface area contributed by atoms with Crippen molar-refractivity contribution in [2.45, 2.75) is 25.8 Å². The van der Waals surface area contributed by atoms with Gasteiger partial charge in [-0.1, -0.05) is 0 Å². The van der Waals surface area contributed by atoms with Gasteiger partial charge in [-0.05, 0) is 13.3 Å². The minimum atomic E-state index is -1.21. The van der Waals surface area contributed by atoms with Crippen molar-refractivity contribution in [3.05, 3.63) is 0 Å². The molecule has 0 bridgehead atoms. The molecule has 184 valence electrons. The Morgan fingerprint density at radius 2 is 1.34 bits per heavy atom. The lowest BCUT2D eigenvalue weighted by atomic mass is 10.1. The topological polar surface area (TPSA) is 179 Å². The van der Waals surface area contributed by atoms with Crippen LogP contribution in [0.4, 0.5) is 0 Å². The first-order valence-electron chi connectivity index (χ1n) is 10.1. The maximum Gasteiger partial charge on any atom is 0.326 e. The first-order chi connectivity index (χ1) is 15.4. The highest BCUT2D eigenvalue weighted by atomic mass is 16.5. The van der Waals surface area contributed by atoms with Crippen LogP contribution in [0, 0.1) is 0 Å². The molecule has 0 saturated heterocycles. The Morgan fingerprint density at radius 3 is 1.88 bits per heavy atom. The van der Waals surface area contributed by atoms with Crippen molar-refractivity contribution in [3.8, 4) is 0 Å². The van der Waals surface area contributed by atoms with Gasteiger partial charge < -0.3 is 40.0 Å². The summed E-state index contributed by atoms with van der Waals surface area (Å²) < 4.78 is 20.7. The van der Waals surface area contributed by atoms with Crippen LogP contribution in [-0.4, -0.2) is 107 Å². The van der Waals surface area contributed by atoms with Gasteiger partial charge in [0, 0.05) is 19.5 Å². The minimum absolute atomic E-state index is 0.0155. The van der Waals surface area contributed by atoms with Gasteiger partial charge >= 0.3 is 5.97 Å². The Kier molecular flexibility index (Phi) is 18.6. The van der Waals surface area contributed by atoms with Crippen LogP contribution >= 0.6 is 0 Å². The van der Waals surface area contributed by atoms with E-state index in [1.165, 1.54) is 6.92 Å². The average molecular weight is 463 g/mol. The molecular weight excluding hydrogens is 430 g/mol. The summed E-state index contributed by atoms with van der Waals surface area (Å²) in [6, 6.07) is -1.10. The van der Waals surface area contributed by atoms with E-state index in [1.54, 1.807) is 0 Å². The quantitative estimate of drug-likeness (QED) is 0.102. The number of carboxylic acid groups (broad SMARTS) is 1. The SMILES string of the molecule is CC(=O)COCCOCCNC(=O)COCCOCCNC(=O)CCC(NC=O)C(=O)O. The van der Waals surface area contributed by atoms with Gasteiger partial charge in [0.2, 0.25) is 18.2 Å². The number of ether oxygens (including phenoxy) is 4. The van der Waals surface area contributed by atoms with Crippen molar-refractivity contribution >= 4 is 30.0 Å². The smallest absolute Gasteiger partial charge is 0.326 e. The molecule has 0 rings (SSSR count). The summed E-state index contributed by atoms with van der Waals surface area (Å²) >= 11 is 0. The Bertz CT molecular complexity index is 574. The predicted molar refractivity (Wildman–Crippen MR) is 110 cm³/mol. The van der Waals surface area contributed by atoms with Crippen LogP contribution < -0.4 is 16.0 Å². The highest BCUT2D eigenvalue weighted by Crippen LogP contribution is 1.97. The lowest BCUT2D eigenvalue weighted by Gasteiger charge is -2.11. The van der Waals surface area contributed by atoms with Crippen LogP contribution in [0.15, 0.2) is 0 Å². The monoisotopic (exact) mass is 463 g/mol. The fraction of sp³-hybridized carbons (Fsp3) is 0.737. The largest absolute Gasteiger partial charge is 0.480 e. The van der Waals surface area contributed by atoms with Crippen molar-refractivity contribution < 1.29 is 48.0 Å². The number of hydrogen-bond donors (Lipinski definition) is 4. The molecule has 0 aromatic rings. The first kappa shape index (κ1) is 29.4. The third kappa shape index (κ3) is 19.4. The van der Waals surface area contributed by atoms with Gasteiger partial charge in [0.1, 0.15) is 19.3 Å². The molecule has 0 saturated carbocycles. The molecule has 32 heavy (non-hydrogen) atoms. The third-order valence-corrected chi connectivity index (χ3v) is 3.65. The summed E-state index contributed by atoms with van der Waals surface area (Å²) in [5, 5.41) is 16.1. The van der Waals surface area contributed by atoms with Crippen LogP contribution in [0.5, 0.6) is 0 Å².